The third-order valence-corrected chi connectivity index (χ3v) is 3.38. The van der Waals surface area contributed by atoms with Crippen LogP contribution in [0.3, 0.4) is 0 Å². The monoisotopic (exact) mass is 302 g/mol. The minimum atomic E-state index is -0.0820. The highest BCUT2D eigenvalue weighted by atomic mass is 35.5. The maximum Gasteiger partial charge on any atom is 0.185 e. The lowest BCUT2D eigenvalue weighted by Crippen LogP contribution is -1.94. The molecule has 0 aromatic heterocycles. The number of methoxy groups -OCH3 is 2. The number of hydrogen-bond donors (Lipinski definition) is 0. The van der Waals surface area contributed by atoms with Crippen LogP contribution in [0.25, 0.3) is 6.08 Å². The van der Waals surface area contributed by atoms with Crippen LogP contribution in [-0.2, 0) is 0 Å². The number of allylic oxidation sites excluding steroid dienone is 1. The Labute approximate surface area is 128 Å². The Balaban J connectivity index is 2.28. The standard InChI is InChI=1S/C17H15ClO3/c1-20-15-11-9-13(16(18)17(15)21-2)8-10-14(19)12-6-4-3-5-7-12/h3-11H,1-2H3/b10-8+. The zero-order chi connectivity index (χ0) is 15.2. The molecule has 0 bridgehead atoms. The molecule has 0 unspecified atom stereocenters. The SMILES string of the molecule is COc1ccc(/C=C/C(=O)c2ccccc2)c(Cl)c1OC. The summed E-state index contributed by atoms with van der Waals surface area (Å²) in [5.74, 6) is 0.920. The number of halogens is 1. The van der Waals surface area contributed by atoms with Crippen LogP contribution in [-0.4, -0.2) is 20.0 Å². The van der Waals surface area contributed by atoms with Crippen LogP contribution in [0.4, 0.5) is 0 Å². The van der Waals surface area contributed by atoms with E-state index in [0.29, 0.717) is 27.6 Å². The average molecular weight is 303 g/mol. The van der Waals surface area contributed by atoms with E-state index in [-0.39, 0.29) is 5.78 Å². The molecule has 108 valence electrons. The van der Waals surface area contributed by atoms with Gasteiger partial charge in [-0.1, -0.05) is 41.9 Å². The molecular weight excluding hydrogens is 288 g/mol. The Morgan fingerprint density at radius 1 is 1.05 bits per heavy atom. The molecule has 21 heavy (non-hydrogen) atoms. The molecule has 2 rings (SSSR count). The minimum absolute atomic E-state index is 0.0820. The Kier molecular flexibility index (Phi) is 5.01. The first-order valence-corrected chi connectivity index (χ1v) is 6.73. The summed E-state index contributed by atoms with van der Waals surface area (Å²) in [7, 11) is 3.06. The lowest BCUT2D eigenvalue weighted by Gasteiger charge is -2.10. The van der Waals surface area contributed by atoms with Gasteiger partial charge in [-0.25, -0.2) is 0 Å². The summed E-state index contributed by atoms with van der Waals surface area (Å²) in [6.07, 6.45) is 3.15. The third-order valence-electron chi connectivity index (χ3n) is 2.99. The van der Waals surface area contributed by atoms with Crippen LogP contribution < -0.4 is 9.47 Å². The number of ether oxygens (including phenoxy) is 2. The molecule has 2 aromatic rings. The van der Waals surface area contributed by atoms with E-state index < -0.39 is 0 Å². The fourth-order valence-electron chi connectivity index (χ4n) is 1.90. The van der Waals surface area contributed by atoms with Gasteiger partial charge in [0.15, 0.2) is 17.3 Å². The molecule has 0 spiro atoms. The molecule has 0 fully saturated rings. The van der Waals surface area contributed by atoms with Gasteiger partial charge in [0.2, 0.25) is 0 Å². The quantitative estimate of drug-likeness (QED) is 0.612. The first kappa shape index (κ1) is 15.1. The molecule has 2 aromatic carbocycles. The molecule has 0 amide bonds. The second-order valence-electron chi connectivity index (χ2n) is 4.27. The predicted octanol–water partition coefficient (Wildman–Crippen LogP) is 4.25. The molecule has 0 saturated heterocycles. The van der Waals surface area contributed by atoms with Crippen LogP contribution in [0.15, 0.2) is 48.5 Å². The molecule has 0 aliphatic heterocycles. The second kappa shape index (κ2) is 6.95. The first-order valence-electron chi connectivity index (χ1n) is 6.35. The van der Waals surface area contributed by atoms with Crippen molar-refractivity contribution in [2.75, 3.05) is 14.2 Å². The summed E-state index contributed by atoms with van der Waals surface area (Å²) >= 11 is 6.25. The van der Waals surface area contributed by atoms with Crippen LogP contribution in [0.1, 0.15) is 15.9 Å². The molecule has 0 aliphatic carbocycles. The van der Waals surface area contributed by atoms with E-state index in [1.165, 1.54) is 13.2 Å². The minimum Gasteiger partial charge on any atom is -0.493 e. The molecule has 0 aliphatic rings. The molecule has 0 heterocycles. The van der Waals surface area contributed by atoms with Crippen LogP contribution in [0, 0.1) is 0 Å². The first-order chi connectivity index (χ1) is 10.2. The van der Waals surface area contributed by atoms with Gasteiger partial charge in [0.25, 0.3) is 0 Å². The van der Waals surface area contributed by atoms with E-state index in [0.717, 1.165) is 0 Å². The third kappa shape index (κ3) is 3.44. The number of ketones is 1. The van der Waals surface area contributed by atoms with Gasteiger partial charge in [-0.2, -0.15) is 0 Å². The molecule has 3 nitrogen and oxygen atoms in total. The Morgan fingerprint density at radius 3 is 2.38 bits per heavy atom. The summed E-state index contributed by atoms with van der Waals surface area (Å²) < 4.78 is 10.4. The van der Waals surface area contributed by atoms with Crippen molar-refractivity contribution in [1.82, 2.24) is 0 Å². The van der Waals surface area contributed by atoms with Crippen molar-refractivity contribution in [3.05, 3.63) is 64.7 Å². The number of rotatable bonds is 5. The van der Waals surface area contributed by atoms with Crippen molar-refractivity contribution in [3.8, 4) is 11.5 Å². The zero-order valence-electron chi connectivity index (χ0n) is 11.8. The van der Waals surface area contributed by atoms with E-state index in [9.17, 15) is 4.79 Å². The number of hydrogen-bond acceptors (Lipinski definition) is 3. The summed E-state index contributed by atoms with van der Waals surface area (Å²) in [4.78, 5) is 12.0. The van der Waals surface area contributed by atoms with Gasteiger partial charge in [0, 0.05) is 5.56 Å². The Bertz CT molecular complexity index is 663. The van der Waals surface area contributed by atoms with Crippen LogP contribution in [0.5, 0.6) is 11.5 Å². The lowest BCUT2D eigenvalue weighted by molar-refractivity contribution is 0.104. The summed E-state index contributed by atoms with van der Waals surface area (Å²) in [6.45, 7) is 0. The molecule has 0 N–H and O–H groups in total. The average Bonchev–Trinajstić information content (AvgIpc) is 2.53. The van der Waals surface area contributed by atoms with E-state index in [4.69, 9.17) is 21.1 Å². The van der Waals surface area contributed by atoms with Crippen molar-refractivity contribution >= 4 is 23.5 Å². The normalized spacial score (nSPS) is 10.6. The summed E-state index contributed by atoms with van der Waals surface area (Å²) in [6, 6.07) is 12.6. The zero-order valence-corrected chi connectivity index (χ0v) is 12.6. The van der Waals surface area contributed by atoms with Crippen LogP contribution in [0.2, 0.25) is 5.02 Å². The van der Waals surface area contributed by atoms with Gasteiger partial charge in [-0.3, -0.25) is 4.79 Å². The van der Waals surface area contributed by atoms with Crippen molar-refractivity contribution in [3.63, 3.8) is 0 Å². The van der Waals surface area contributed by atoms with Crippen molar-refractivity contribution in [2.45, 2.75) is 0 Å². The predicted molar refractivity (Wildman–Crippen MR) is 84.4 cm³/mol. The highest BCUT2D eigenvalue weighted by molar-refractivity contribution is 6.34. The van der Waals surface area contributed by atoms with E-state index in [2.05, 4.69) is 0 Å². The van der Waals surface area contributed by atoms with Gasteiger partial charge >= 0.3 is 0 Å². The largest absolute Gasteiger partial charge is 0.493 e. The van der Waals surface area contributed by atoms with Gasteiger partial charge in [-0.15, -0.1) is 0 Å². The van der Waals surface area contributed by atoms with Crippen molar-refractivity contribution in [2.24, 2.45) is 0 Å². The van der Waals surface area contributed by atoms with Gasteiger partial charge in [-0.05, 0) is 29.8 Å². The van der Waals surface area contributed by atoms with Gasteiger partial charge in [0.05, 0.1) is 19.2 Å². The second-order valence-corrected chi connectivity index (χ2v) is 4.65. The van der Waals surface area contributed by atoms with Crippen molar-refractivity contribution < 1.29 is 14.3 Å². The topological polar surface area (TPSA) is 35.5 Å². The highest BCUT2D eigenvalue weighted by Crippen LogP contribution is 2.37. The van der Waals surface area contributed by atoms with Gasteiger partial charge < -0.3 is 9.47 Å². The summed E-state index contributed by atoms with van der Waals surface area (Å²) in [5, 5.41) is 0.411. The molecule has 4 heteroatoms. The smallest absolute Gasteiger partial charge is 0.185 e. The maximum atomic E-state index is 12.0. The number of benzene rings is 2. The van der Waals surface area contributed by atoms with Crippen LogP contribution >= 0.6 is 11.6 Å². The van der Waals surface area contributed by atoms with Gasteiger partial charge in [0.1, 0.15) is 0 Å². The summed E-state index contributed by atoms with van der Waals surface area (Å²) in [5.41, 5.74) is 1.32. The van der Waals surface area contributed by atoms with E-state index in [1.807, 2.05) is 18.2 Å². The molecule has 0 radical (unpaired) electrons. The van der Waals surface area contributed by atoms with E-state index >= 15 is 0 Å². The number of carbonyl (C=O) groups is 1. The van der Waals surface area contributed by atoms with Crippen molar-refractivity contribution in [1.29, 1.82) is 0 Å². The highest BCUT2D eigenvalue weighted by Gasteiger charge is 2.11. The Morgan fingerprint density at radius 2 is 1.76 bits per heavy atom. The molecule has 0 atom stereocenters. The lowest BCUT2D eigenvalue weighted by atomic mass is 10.1. The molecule has 0 saturated carbocycles. The number of carbonyl (C=O) groups excluding carboxylic acids is 1. The fourth-order valence-corrected chi connectivity index (χ4v) is 2.19. The Hall–Kier alpha value is -2.26. The fraction of sp³-hybridized carbons (Fsp3) is 0.118. The molecular formula is C17H15ClO3. The maximum absolute atomic E-state index is 12.0. The van der Waals surface area contributed by atoms with E-state index in [1.54, 1.807) is 37.5 Å².